The van der Waals surface area contributed by atoms with Gasteiger partial charge in [-0.25, -0.2) is 0 Å². The van der Waals surface area contributed by atoms with Crippen LogP contribution in [0.25, 0.3) is 50.1 Å². The van der Waals surface area contributed by atoms with Crippen molar-refractivity contribution in [2.24, 2.45) is 0 Å². The van der Waals surface area contributed by atoms with Crippen LogP contribution in [-0.4, -0.2) is 14.8 Å². The van der Waals surface area contributed by atoms with Crippen LogP contribution in [0, 0.1) is 6.92 Å². The smallest absolute Gasteiger partial charge is 0.272 e. The van der Waals surface area contributed by atoms with Gasteiger partial charge < -0.3 is 9.67 Å². The molecule has 0 aliphatic carbocycles. The predicted molar refractivity (Wildman–Crippen MR) is 139 cm³/mol. The minimum absolute atomic E-state index is 0.121. The van der Waals surface area contributed by atoms with Crippen LogP contribution < -0.4 is 5.56 Å². The zero-order valence-electron chi connectivity index (χ0n) is 18.7. The molecule has 2 aromatic heterocycles. The van der Waals surface area contributed by atoms with E-state index in [4.69, 9.17) is 0 Å². The Balaban J connectivity index is 1.81. The first-order chi connectivity index (χ1) is 16.7. The van der Waals surface area contributed by atoms with Crippen LogP contribution in [0.1, 0.15) is 5.69 Å². The van der Waals surface area contributed by atoms with Crippen molar-refractivity contribution in [2.45, 2.75) is 6.92 Å². The molecular formula is C30H23N3O. The molecule has 34 heavy (non-hydrogen) atoms. The van der Waals surface area contributed by atoms with Crippen molar-refractivity contribution in [1.29, 1.82) is 0 Å². The van der Waals surface area contributed by atoms with Crippen molar-refractivity contribution in [3.63, 3.8) is 0 Å². The highest BCUT2D eigenvalue weighted by Gasteiger charge is 2.24. The highest BCUT2D eigenvalue weighted by atomic mass is 16.1. The molecule has 0 saturated heterocycles. The number of benzene rings is 4. The average Bonchev–Trinajstić information content (AvgIpc) is 3.44. The van der Waals surface area contributed by atoms with Gasteiger partial charge in [-0.15, -0.1) is 0 Å². The molecule has 4 heteroatoms. The van der Waals surface area contributed by atoms with Gasteiger partial charge >= 0.3 is 0 Å². The van der Waals surface area contributed by atoms with Gasteiger partial charge in [0.2, 0.25) is 0 Å². The van der Waals surface area contributed by atoms with E-state index in [1.165, 1.54) is 5.39 Å². The number of rotatable bonds is 4. The van der Waals surface area contributed by atoms with E-state index >= 15 is 0 Å². The predicted octanol–water partition coefficient (Wildman–Crippen LogP) is 6.96. The molecule has 0 aliphatic heterocycles. The van der Waals surface area contributed by atoms with Crippen LogP contribution in [0.2, 0.25) is 0 Å². The van der Waals surface area contributed by atoms with E-state index in [0.717, 1.165) is 44.8 Å². The number of hydrogen-bond donors (Lipinski definition) is 2. The van der Waals surface area contributed by atoms with Crippen LogP contribution in [0.15, 0.2) is 114 Å². The molecule has 4 aromatic carbocycles. The largest absolute Gasteiger partial charge is 0.308 e. The molecule has 2 heterocycles. The summed E-state index contributed by atoms with van der Waals surface area (Å²) in [6, 6.07) is 37.6. The molecule has 0 aliphatic rings. The Morgan fingerprint density at radius 2 is 1.32 bits per heavy atom. The van der Waals surface area contributed by atoms with E-state index < -0.39 is 0 Å². The van der Waals surface area contributed by atoms with Crippen molar-refractivity contribution in [2.75, 3.05) is 0 Å². The lowest BCUT2D eigenvalue weighted by molar-refractivity contribution is 1.02. The number of H-pyrrole nitrogens is 2. The monoisotopic (exact) mass is 441 g/mol. The highest BCUT2D eigenvalue weighted by molar-refractivity contribution is 5.95. The lowest BCUT2D eigenvalue weighted by Crippen LogP contribution is -2.04. The minimum Gasteiger partial charge on any atom is -0.308 e. The molecule has 0 unspecified atom stereocenters. The van der Waals surface area contributed by atoms with Crippen molar-refractivity contribution in [3.05, 3.63) is 125 Å². The Hall–Kier alpha value is -4.57. The fraction of sp³-hybridized carbons (Fsp3) is 0.0333. The van der Waals surface area contributed by atoms with Gasteiger partial charge in [-0.2, -0.15) is 0 Å². The number of hydrogen-bond acceptors (Lipinski definition) is 1. The molecule has 0 fully saturated rings. The van der Waals surface area contributed by atoms with E-state index in [9.17, 15) is 4.79 Å². The Bertz CT molecular complexity index is 1670. The second-order valence-corrected chi connectivity index (χ2v) is 8.44. The van der Waals surface area contributed by atoms with Gasteiger partial charge in [0.25, 0.3) is 5.56 Å². The molecule has 0 amide bonds. The van der Waals surface area contributed by atoms with Crippen LogP contribution in [0.5, 0.6) is 0 Å². The third kappa shape index (κ3) is 3.20. The van der Waals surface area contributed by atoms with Crippen molar-refractivity contribution in [1.82, 2.24) is 14.8 Å². The molecule has 2 N–H and O–H groups in total. The van der Waals surface area contributed by atoms with Gasteiger partial charge in [0.05, 0.1) is 22.6 Å². The first-order valence-corrected chi connectivity index (χ1v) is 11.3. The van der Waals surface area contributed by atoms with E-state index in [0.29, 0.717) is 5.56 Å². The zero-order chi connectivity index (χ0) is 23.1. The van der Waals surface area contributed by atoms with E-state index in [2.05, 4.69) is 87.6 Å². The quantitative estimate of drug-likeness (QED) is 0.305. The van der Waals surface area contributed by atoms with Gasteiger partial charge in [-0.3, -0.25) is 9.89 Å². The number of nitrogens with zero attached hydrogens (tertiary/aromatic N) is 1. The van der Waals surface area contributed by atoms with E-state index in [1.54, 1.807) is 0 Å². The Morgan fingerprint density at radius 3 is 2.03 bits per heavy atom. The summed E-state index contributed by atoms with van der Waals surface area (Å²) in [6.07, 6.45) is 0. The second kappa shape index (κ2) is 8.09. The molecular weight excluding hydrogens is 418 g/mol. The Kier molecular flexibility index (Phi) is 4.77. The summed E-state index contributed by atoms with van der Waals surface area (Å²) in [7, 11) is 0. The summed E-state index contributed by atoms with van der Waals surface area (Å²) in [5.41, 5.74) is 7.49. The van der Waals surface area contributed by atoms with Gasteiger partial charge in [0.15, 0.2) is 0 Å². The topological polar surface area (TPSA) is 53.6 Å². The fourth-order valence-electron chi connectivity index (χ4n) is 4.83. The minimum atomic E-state index is -0.121. The molecule has 6 rings (SSSR count). The van der Waals surface area contributed by atoms with Gasteiger partial charge in [0, 0.05) is 16.6 Å². The summed E-state index contributed by atoms with van der Waals surface area (Å²) in [6.45, 7) is 1.93. The maximum absolute atomic E-state index is 12.9. The van der Waals surface area contributed by atoms with Crippen LogP contribution >= 0.6 is 0 Å². The standard InChI is InChI=1S/C30H23N3O/c1-20-28(30(34)32-31-20)25-19-27(22-12-4-2-5-13-22)33(29(25)23-14-6-3-7-15-23)26-18-10-16-21-11-8-9-17-24(21)26/h2-19H,1H3,(H2,31,32,34). The molecule has 4 nitrogen and oxygen atoms in total. The van der Waals surface area contributed by atoms with Crippen molar-refractivity contribution < 1.29 is 0 Å². The molecule has 0 radical (unpaired) electrons. The Labute approximate surface area is 197 Å². The fourth-order valence-corrected chi connectivity index (χ4v) is 4.83. The molecule has 0 bridgehead atoms. The second-order valence-electron chi connectivity index (χ2n) is 8.44. The molecule has 0 atom stereocenters. The number of nitrogens with one attached hydrogen (secondary N) is 2. The summed E-state index contributed by atoms with van der Waals surface area (Å²) < 4.78 is 2.30. The zero-order valence-corrected chi connectivity index (χ0v) is 18.7. The van der Waals surface area contributed by atoms with Crippen LogP contribution in [-0.2, 0) is 0 Å². The molecule has 6 aromatic rings. The SMILES string of the molecule is Cc1[nH][nH]c(=O)c1-c1cc(-c2ccccc2)n(-c2cccc3ccccc23)c1-c1ccccc1. The van der Waals surface area contributed by atoms with Gasteiger partial charge in [0.1, 0.15) is 0 Å². The lowest BCUT2D eigenvalue weighted by Gasteiger charge is -2.17. The molecule has 0 saturated carbocycles. The van der Waals surface area contributed by atoms with Crippen molar-refractivity contribution >= 4 is 10.8 Å². The summed E-state index contributed by atoms with van der Waals surface area (Å²) in [5, 5.41) is 8.09. The maximum atomic E-state index is 12.9. The van der Waals surface area contributed by atoms with Crippen LogP contribution in [0.4, 0.5) is 0 Å². The van der Waals surface area contributed by atoms with Gasteiger partial charge in [-0.05, 0) is 35.6 Å². The lowest BCUT2D eigenvalue weighted by atomic mass is 10.0. The normalized spacial score (nSPS) is 11.2. The summed E-state index contributed by atoms with van der Waals surface area (Å²) in [4.78, 5) is 12.9. The van der Waals surface area contributed by atoms with E-state index in [-0.39, 0.29) is 5.56 Å². The Morgan fingerprint density at radius 1 is 0.676 bits per heavy atom. The van der Waals surface area contributed by atoms with Crippen molar-refractivity contribution in [3.8, 4) is 39.3 Å². The first kappa shape index (κ1) is 20.1. The summed E-state index contributed by atoms with van der Waals surface area (Å²) in [5.74, 6) is 0. The first-order valence-electron chi connectivity index (χ1n) is 11.3. The molecule has 0 spiro atoms. The maximum Gasteiger partial charge on any atom is 0.272 e. The third-order valence-electron chi connectivity index (χ3n) is 6.36. The number of aromatic nitrogens is 3. The van der Waals surface area contributed by atoms with Crippen LogP contribution in [0.3, 0.4) is 0 Å². The number of fused-ring (bicyclic) bond motifs is 1. The summed E-state index contributed by atoms with van der Waals surface area (Å²) >= 11 is 0. The van der Waals surface area contributed by atoms with Gasteiger partial charge in [-0.1, -0.05) is 97.1 Å². The number of aryl methyl sites for hydroxylation is 1. The highest BCUT2D eigenvalue weighted by Crippen LogP contribution is 2.42. The average molecular weight is 442 g/mol. The van der Waals surface area contributed by atoms with E-state index in [1.807, 2.05) is 43.3 Å². The third-order valence-corrected chi connectivity index (χ3v) is 6.36. The molecule has 164 valence electrons. The number of aromatic amines is 2.